The molecule has 2 aromatic carbocycles. The molecule has 6 heteroatoms. The van der Waals surface area contributed by atoms with Crippen molar-refractivity contribution in [3.05, 3.63) is 65.0 Å². The van der Waals surface area contributed by atoms with E-state index >= 15 is 0 Å². The molecule has 0 spiro atoms. The van der Waals surface area contributed by atoms with Gasteiger partial charge < -0.3 is 16.0 Å². The number of amides is 1. The van der Waals surface area contributed by atoms with Gasteiger partial charge in [-0.2, -0.15) is 0 Å². The van der Waals surface area contributed by atoms with E-state index in [1.807, 2.05) is 30.3 Å². The minimum atomic E-state index is -0.203. The Balaban J connectivity index is 1.90. The predicted molar refractivity (Wildman–Crippen MR) is 98.9 cm³/mol. The van der Waals surface area contributed by atoms with Gasteiger partial charge in [0.25, 0.3) is 0 Å². The van der Waals surface area contributed by atoms with Crippen LogP contribution in [0.15, 0.2) is 47.5 Å². The van der Waals surface area contributed by atoms with Crippen molar-refractivity contribution in [3.8, 4) is 0 Å². The van der Waals surface area contributed by atoms with E-state index in [9.17, 15) is 9.18 Å². The summed E-state index contributed by atoms with van der Waals surface area (Å²) in [5.41, 5.74) is 3.38. The van der Waals surface area contributed by atoms with Gasteiger partial charge in [0, 0.05) is 32.7 Å². The van der Waals surface area contributed by atoms with Crippen LogP contribution in [0, 0.1) is 12.7 Å². The van der Waals surface area contributed by atoms with Crippen molar-refractivity contribution in [1.29, 1.82) is 0 Å². The van der Waals surface area contributed by atoms with Gasteiger partial charge in [0.1, 0.15) is 5.82 Å². The van der Waals surface area contributed by atoms with Crippen LogP contribution in [0.2, 0.25) is 0 Å². The van der Waals surface area contributed by atoms with Crippen molar-refractivity contribution < 1.29 is 9.18 Å². The summed E-state index contributed by atoms with van der Waals surface area (Å²) in [7, 11) is 1.69. The molecule has 0 bridgehead atoms. The second-order valence-corrected chi connectivity index (χ2v) is 5.74. The first-order valence-electron chi connectivity index (χ1n) is 8.04. The summed E-state index contributed by atoms with van der Waals surface area (Å²) >= 11 is 0. The average molecular weight is 342 g/mol. The normalized spacial score (nSPS) is 11.1. The number of benzene rings is 2. The summed E-state index contributed by atoms with van der Waals surface area (Å²) < 4.78 is 13.3. The van der Waals surface area contributed by atoms with Crippen LogP contribution in [0.1, 0.15) is 23.6 Å². The minimum Gasteiger partial charge on any atom is -0.352 e. The third-order valence-electron chi connectivity index (χ3n) is 3.61. The number of carbonyl (C=O) groups is 1. The van der Waals surface area contributed by atoms with Gasteiger partial charge in [-0.05, 0) is 41.8 Å². The molecule has 25 heavy (non-hydrogen) atoms. The molecule has 0 aliphatic rings. The van der Waals surface area contributed by atoms with Crippen LogP contribution in [0.5, 0.6) is 0 Å². The van der Waals surface area contributed by atoms with E-state index in [1.165, 1.54) is 13.0 Å². The maximum Gasteiger partial charge on any atom is 0.221 e. The number of hydrogen-bond acceptors (Lipinski definition) is 2. The van der Waals surface area contributed by atoms with Gasteiger partial charge in [0.05, 0.1) is 0 Å². The first-order chi connectivity index (χ1) is 12.0. The first kappa shape index (κ1) is 18.4. The van der Waals surface area contributed by atoms with Crippen molar-refractivity contribution in [2.75, 3.05) is 12.4 Å². The van der Waals surface area contributed by atoms with Crippen LogP contribution in [0.3, 0.4) is 0 Å². The van der Waals surface area contributed by atoms with Crippen LogP contribution in [-0.2, 0) is 17.9 Å². The molecule has 2 aromatic rings. The number of carbonyl (C=O) groups excluding carboxylic acids is 1. The first-order valence-corrected chi connectivity index (χ1v) is 8.04. The largest absolute Gasteiger partial charge is 0.352 e. The summed E-state index contributed by atoms with van der Waals surface area (Å²) in [6.07, 6.45) is 0. The van der Waals surface area contributed by atoms with Gasteiger partial charge in [0.2, 0.25) is 5.91 Å². The van der Waals surface area contributed by atoms with Crippen LogP contribution in [-0.4, -0.2) is 18.9 Å². The zero-order valence-corrected chi connectivity index (χ0v) is 14.7. The fourth-order valence-corrected chi connectivity index (χ4v) is 2.37. The SMILES string of the molecule is CN=C(NCc1cccc(NC(C)=O)c1)NCc1ccc(F)c(C)c1. The highest BCUT2D eigenvalue weighted by molar-refractivity contribution is 5.88. The molecular weight excluding hydrogens is 319 g/mol. The number of aryl methyl sites for hydroxylation is 1. The number of rotatable bonds is 5. The Bertz CT molecular complexity index is 774. The Morgan fingerprint density at radius 3 is 2.36 bits per heavy atom. The zero-order chi connectivity index (χ0) is 18.2. The molecule has 0 saturated heterocycles. The Kier molecular flexibility index (Phi) is 6.51. The number of hydrogen-bond donors (Lipinski definition) is 3. The van der Waals surface area contributed by atoms with E-state index in [2.05, 4.69) is 20.9 Å². The standard InChI is InChI=1S/C19H23FN4O/c1-13-9-16(7-8-18(13)20)12-23-19(21-3)22-11-15-5-4-6-17(10-15)24-14(2)25/h4-10H,11-12H2,1-3H3,(H,24,25)(H2,21,22,23). The highest BCUT2D eigenvalue weighted by Gasteiger charge is 2.03. The lowest BCUT2D eigenvalue weighted by molar-refractivity contribution is -0.114. The summed E-state index contributed by atoms with van der Waals surface area (Å²) in [4.78, 5) is 15.3. The van der Waals surface area contributed by atoms with Crippen molar-refractivity contribution in [2.45, 2.75) is 26.9 Å². The van der Waals surface area contributed by atoms with Gasteiger partial charge in [0.15, 0.2) is 5.96 Å². The van der Waals surface area contributed by atoms with Crippen LogP contribution in [0.4, 0.5) is 10.1 Å². The van der Waals surface area contributed by atoms with Crippen molar-refractivity contribution in [1.82, 2.24) is 10.6 Å². The maximum atomic E-state index is 13.3. The van der Waals surface area contributed by atoms with Gasteiger partial charge in [-0.25, -0.2) is 4.39 Å². The lowest BCUT2D eigenvalue weighted by Crippen LogP contribution is -2.36. The summed E-state index contributed by atoms with van der Waals surface area (Å²) in [5.74, 6) is 0.342. The van der Waals surface area contributed by atoms with Crippen molar-refractivity contribution >= 4 is 17.6 Å². The fourth-order valence-electron chi connectivity index (χ4n) is 2.37. The molecule has 0 aliphatic carbocycles. The smallest absolute Gasteiger partial charge is 0.221 e. The molecule has 0 radical (unpaired) electrons. The fraction of sp³-hybridized carbons (Fsp3) is 0.263. The average Bonchev–Trinajstić information content (AvgIpc) is 2.58. The molecule has 2 rings (SSSR count). The van der Waals surface area contributed by atoms with Crippen LogP contribution < -0.4 is 16.0 Å². The molecular formula is C19H23FN4O. The van der Waals surface area contributed by atoms with E-state index in [0.717, 1.165) is 16.8 Å². The lowest BCUT2D eigenvalue weighted by Gasteiger charge is -2.13. The number of anilines is 1. The van der Waals surface area contributed by atoms with Crippen molar-refractivity contribution in [2.24, 2.45) is 4.99 Å². The van der Waals surface area contributed by atoms with Gasteiger partial charge in [-0.3, -0.25) is 9.79 Å². The van der Waals surface area contributed by atoms with E-state index in [-0.39, 0.29) is 11.7 Å². The summed E-state index contributed by atoms with van der Waals surface area (Å²) in [5, 5.41) is 9.17. The van der Waals surface area contributed by atoms with Crippen molar-refractivity contribution in [3.63, 3.8) is 0 Å². The Morgan fingerprint density at radius 1 is 1.08 bits per heavy atom. The van der Waals surface area contributed by atoms with E-state index in [4.69, 9.17) is 0 Å². The number of aliphatic imine (C=N–C) groups is 1. The molecule has 0 saturated carbocycles. The van der Waals surface area contributed by atoms with E-state index in [0.29, 0.717) is 24.6 Å². The molecule has 0 aromatic heterocycles. The van der Waals surface area contributed by atoms with Gasteiger partial charge in [-0.1, -0.05) is 24.3 Å². The monoisotopic (exact) mass is 342 g/mol. The summed E-state index contributed by atoms with van der Waals surface area (Å²) in [6, 6.07) is 12.6. The molecule has 132 valence electrons. The molecule has 0 unspecified atom stereocenters. The number of nitrogens with one attached hydrogen (secondary N) is 3. The predicted octanol–water partition coefficient (Wildman–Crippen LogP) is 2.96. The number of halogens is 1. The third kappa shape index (κ3) is 5.91. The second kappa shape index (κ2) is 8.82. The molecule has 1 amide bonds. The number of nitrogens with zero attached hydrogens (tertiary/aromatic N) is 1. The Morgan fingerprint density at radius 2 is 1.76 bits per heavy atom. The maximum absolute atomic E-state index is 13.3. The number of guanidine groups is 1. The van der Waals surface area contributed by atoms with E-state index < -0.39 is 0 Å². The molecule has 0 atom stereocenters. The van der Waals surface area contributed by atoms with Gasteiger partial charge >= 0.3 is 0 Å². The van der Waals surface area contributed by atoms with Crippen LogP contribution in [0.25, 0.3) is 0 Å². The summed E-state index contributed by atoms with van der Waals surface area (Å²) in [6.45, 7) is 4.34. The topological polar surface area (TPSA) is 65.5 Å². The van der Waals surface area contributed by atoms with Gasteiger partial charge in [-0.15, -0.1) is 0 Å². The van der Waals surface area contributed by atoms with E-state index in [1.54, 1.807) is 20.0 Å². The minimum absolute atomic E-state index is 0.0998. The Hall–Kier alpha value is -2.89. The molecule has 3 N–H and O–H groups in total. The molecule has 0 aliphatic heterocycles. The second-order valence-electron chi connectivity index (χ2n) is 5.74. The highest BCUT2D eigenvalue weighted by atomic mass is 19.1. The Labute approximate surface area is 147 Å². The molecule has 0 fully saturated rings. The third-order valence-corrected chi connectivity index (χ3v) is 3.61. The van der Waals surface area contributed by atoms with Crippen LogP contribution >= 0.6 is 0 Å². The molecule has 5 nitrogen and oxygen atoms in total. The lowest BCUT2D eigenvalue weighted by atomic mass is 10.1. The quantitative estimate of drug-likeness (QED) is 0.578. The highest BCUT2D eigenvalue weighted by Crippen LogP contribution is 2.11. The zero-order valence-electron chi connectivity index (χ0n) is 14.7. The molecule has 0 heterocycles.